The molecule has 0 saturated carbocycles. The molecule has 17 heavy (non-hydrogen) atoms. The van der Waals surface area contributed by atoms with Crippen molar-refractivity contribution in [3.63, 3.8) is 0 Å². The highest BCUT2D eigenvalue weighted by molar-refractivity contribution is 7.09. The van der Waals surface area contributed by atoms with E-state index >= 15 is 0 Å². The van der Waals surface area contributed by atoms with Crippen LogP contribution in [0.25, 0.3) is 0 Å². The molecule has 1 aromatic rings. The third-order valence-electron chi connectivity index (χ3n) is 2.97. The first-order chi connectivity index (χ1) is 8.04. The molecule has 0 unspecified atom stereocenters. The summed E-state index contributed by atoms with van der Waals surface area (Å²) < 4.78 is 0. The van der Waals surface area contributed by atoms with Crippen LogP contribution in [0.1, 0.15) is 42.2 Å². The van der Waals surface area contributed by atoms with Crippen molar-refractivity contribution in [1.29, 1.82) is 0 Å². The predicted octanol–water partition coefficient (Wildman–Crippen LogP) is 0.849. The second-order valence-electron chi connectivity index (χ2n) is 4.08. The Balaban J connectivity index is 2.55. The monoisotopic (exact) mass is 256 g/mol. The molecule has 0 fully saturated rings. The first-order valence-corrected chi connectivity index (χ1v) is 6.64. The highest BCUT2D eigenvalue weighted by atomic mass is 32.1. The molecule has 0 atom stereocenters. The van der Waals surface area contributed by atoms with Gasteiger partial charge in [0, 0.05) is 24.0 Å². The summed E-state index contributed by atoms with van der Waals surface area (Å²) in [6, 6.07) is 0. The summed E-state index contributed by atoms with van der Waals surface area (Å²) in [5.41, 5.74) is 11.6. The van der Waals surface area contributed by atoms with Gasteiger partial charge in [-0.25, -0.2) is 4.98 Å². The van der Waals surface area contributed by atoms with E-state index in [1.807, 2.05) is 13.8 Å². The number of nitrogens with two attached hydrogens (primary N) is 2. The van der Waals surface area contributed by atoms with Gasteiger partial charge in [0.1, 0.15) is 10.7 Å². The minimum absolute atomic E-state index is 0.183. The average Bonchev–Trinajstić information content (AvgIpc) is 2.84. The number of rotatable bonds is 6. The Morgan fingerprint density at radius 3 is 2.65 bits per heavy atom. The van der Waals surface area contributed by atoms with Gasteiger partial charge in [-0.3, -0.25) is 4.79 Å². The number of nitrogens with zero attached hydrogens (tertiary/aromatic N) is 1. The molecule has 0 aliphatic carbocycles. The summed E-state index contributed by atoms with van der Waals surface area (Å²) in [7, 11) is 0. The van der Waals surface area contributed by atoms with Crippen molar-refractivity contribution in [1.82, 2.24) is 10.3 Å². The van der Waals surface area contributed by atoms with Gasteiger partial charge in [-0.05, 0) is 12.8 Å². The topological polar surface area (TPSA) is 94.0 Å². The van der Waals surface area contributed by atoms with Crippen molar-refractivity contribution >= 4 is 17.2 Å². The van der Waals surface area contributed by atoms with Gasteiger partial charge in [-0.15, -0.1) is 11.3 Å². The standard InChI is InChI=1S/C11H20N4OS/c1-3-11(13,4-2)7-14-10(16)8-6-17-9(5-12)15-8/h6H,3-5,7,12-13H2,1-2H3,(H,14,16). The van der Waals surface area contributed by atoms with Crippen molar-refractivity contribution in [2.75, 3.05) is 6.54 Å². The molecule has 5 nitrogen and oxygen atoms in total. The molecule has 1 aromatic heterocycles. The summed E-state index contributed by atoms with van der Waals surface area (Å²) in [5.74, 6) is -0.183. The molecule has 96 valence electrons. The van der Waals surface area contributed by atoms with Gasteiger partial charge in [0.15, 0.2) is 0 Å². The molecule has 0 bridgehead atoms. The number of hydrogen-bond acceptors (Lipinski definition) is 5. The smallest absolute Gasteiger partial charge is 0.270 e. The first-order valence-electron chi connectivity index (χ1n) is 5.76. The fraction of sp³-hybridized carbons (Fsp3) is 0.636. The fourth-order valence-corrected chi connectivity index (χ4v) is 2.01. The Hall–Kier alpha value is -0.980. The molecule has 0 aromatic carbocycles. The third kappa shape index (κ3) is 3.76. The van der Waals surface area contributed by atoms with Crippen LogP contribution in [0.5, 0.6) is 0 Å². The van der Waals surface area contributed by atoms with Gasteiger partial charge in [-0.2, -0.15) is 0 Å². The van der Waals surface area contributed by atoms with E-state index < -0.39 is 0 Å². The summed E-state index contributed by atoms with van der Waals surface area (Å²) in [4.78, 5) is 15.9. The van der Waals surface area contributed by atoms with Crippen LogP contribution < -0.4 is 16.8 Å². The Labute approximate surface area is 106 Å². The Bertz CT molecular complexity index is 373. The van der Waals surface area contributed by atoms with Crippen LogP contribution in [0.2, 0.25) is 0 Å². The first kappa shape index (κ1) is 14.1. The molecule has 0 saturated heterocycles. The van der Waals surface area contributed by atoms with E-state index in [2.05, 4.69) is 10.3 Å². The van der Waals surface area contributed by atoms with Crippen LogP contribution in [-0.2, 0) is 6.54 Å². The minimum atomic E-state index is -0.331. The molecular weight excluding hydrogens is 236 g/mol. The second kappa shape index (κ2) is 6.09. The van der Waals surface area contributed by atoms with E-state index in [0.29, 0.717) is 18.8 Å². The number of thiazole rings is 1. The molecule has 5 N–H and O–H groups in total. The molecule has 0 radical (unpaired) electrons. The lowest BCUT2D eigenvalue weighted by Crippen LogP contribution is -2.49. The van der Waals surface area contributed by atoms with Crippen molar-refractivity contribution in [3.8, 4) is 0 Å². The maximum Gasteiger partial charge on any atom is 0.270 e. The summed E-state index contributed by atoms with van der Waals surface area (Å²) >= 11 is 1.39. The van der Waals surface area contributed by atoms with E-state index in [1.165, 1.54) is 11.3 Å². The lowest BCUT2D eigenvalue weighted by molar-refractivity contribution is 0.0937. The second-order valence-corrected chi connectivity index (χ2v) is 5.03. The molecule has 0 aliphatic rings. The van der Waals surface area contributed by atoms with Gasteiger partial charge in [0.2, 0.25) is 0 Å². The maximum atomic E-state index is 11.8. The molecule has 1 heterocycles. The van der Waals surface area contributed by atoms with Crippen molar-refractivity contribution in [3.05, 3.63) is 16.1 Å². The quantitative estimate of drug-likeness (QED) is 0.703. The van der Waals surface area contributed by atoms with Crippen LogP contribution in [0.15, 0.2) is 5.38 Å². The number of carbonyl (C=O) groups is 1. The molecule has 6 heteroatoms. The molecular formula is C11H20N4OS. The zero-order chi connectivity index (χ0) is 12.9. The van der Waals surface area contributed by atoms with Gasteiger partial charge < -0.3 is 16.8 Å². The summed E-state index contributed by atoms with van der Waals surface area (Å²) in [6.07, 6.45) is 1.66. The summed E-state index contributed by atoms with van der Waals surface area (Å²) in [6.45, 7) is 4.87. The fourth-order valence-electron chi connectivity index (χ4n) is 1.36. The van der Waals surface area contributed by atoms with E-state index in [0.717, 1.165) is 17.8 Å². The largest absolute Gasteiger partial charge is 0.349 e. The van der Waals surface area contributed by atoms with Crippen LogP contribution >= 0.6 is 11.3 Å². The molecule has 1 rings (SSSR count). The zero-order valence-corrected chi connectivity index (χ0v) is 11.1. The van der Waals surface area contributed by atoms with Gasteiger partial charge >= 0.3 is 0 Å². The van der Waals surface area contributed by atoms with Crippen molar-refractivity contribution in [2.45, 2.75) is 38.8 Å². The normalized spacial score (nSPS) is 11.5. The zero-order valence-electron chi connectivity index (χ0n) is 10.3. The SMILES string of the molecule is CCC(N)(CC)CNC(=O)c1csc(CN)n1. The predicted molar refractivity (Wildman–Crippen MR) is 69.8 cm³/mol. The maximum absolute atomic E-state index is 11.8. The van der Waals surface area contributed by atoms with Gasteiger partial charge in [0.25, 0.3) is 5.91 Å². The van der Waals surface area contributed by atoms with E-state index in [1.54, 1.807) is 5.38 Å². The molecule has 0 aliphatic heterocycles. The Morgan fingerprint density at radius 1 is 1.53 bits per heavy atom. The van der Waals surface area contributed by atoms with Crippen LogP contribution in [-0.4, -0.2) is 23.0 Å². The number of aromatic nitrogens is 1. The van der Waals surface area contributed by atoms with Crippen molar-refractivity contribution in [2.24, 2.45) is 11.5 Å². The van der Waals surface area contributed by atoms with E-state index in [-0.39, 0.29) is 11.4 Å². The van der Waals surface area contributed by atoms with Crippen LogP contribution in [0.4, 0.5) is 0 Å². The van der Waals surface area contributed by atoms with Gasteiger partial charge in [0.05, 0.1) is 0 Å². The van der Waals surface area contributed by atoms with E-state index in [4.69, 9.17) is 11.5 Å². The lowest BCUT2D eigenvalue weighted by atomic mass is 9.94. The lowest BCUT2D eigenvalue weighted by Gasteiger charge is -2.26. The third-order valence-corrected chi connectivity index (χ3v) is 3.84. The Morgan fingerprint density at radius 2 is 2.18 bits per heavy atom. The Kier molecular flexibility index (Phi) is 5.04. The average molecular weight is 256 g/mol. The molecule has 0 spiro atoms. The number of carbonyl (C=O) groups excluding carboxylic acids is 1. The number of amides is 1. The highest BCUT2D eigenvalue weighted by Crippen LogP contribution is 2.11. The van der Waals surface area contributed by atoms with Crippen LogP contribution in [0, 0.1) is 0 Å². The molecule has 1 amide bonds. The van der Waals surface area contributed by atoms with Gasteiger partial charge in [-0.1, -0.05) is 13.8 Å². The van der Waals surface area contributed by atoms with Crippen LogP contribution in [0.3, 0.4) is 0 Å². The number of nitrogens with one attached hydrogen (secondary N) is 1. The summed E-state index contributed by atoms with van der Waals surface area (Å²) in [5, 5.41) is 5.30. The highest BCUT2D eigenvalue weighted by Gasteiger charge is 2.21. The minimum Gasteiger partial charge on any atom is -0.349 e. The van der Waals surface area contributed by atoms with E-state index in [9.17, 15) is 4.79 Å². The number of hydrogen-bond donors (Lipinski definition) is 3. The van der Waals surface area contributed by atoms with Crippen molar-refractivity contribution < 1.29 is 4.79 Å².